The molecule has 1 aromatic heterocycles. The van der Waals surface area contributed by atoms with E-state index < -0.39 is 11.2 Å². The van der Waals surface area contributed by atoms with Gasteiger partial charge in [0.2, 0.25) is 5.88 Å². The van der Waals surface area contributed by atoms with Crippen LogP contribution >= 0.6 is 0 Å². The minimum absolute atomic E-state index is 0.0128. The van der Waals surface area contributed by atoms with Crippen LogP contribution in [0, 0.1) is 0 Å². The third-order valence-electron chi connectivity index (χ3n) is 7.06. The van der Waals surface area contributed by atoms with Crippen molar-refractivity contribution in [2.45, 2.75) is 70.4 Å². The van der Waals surface area contributed by atoms with Crippen LogP contribution in [-0.4, -0.2) is 25.9 Å². The van der Waals surface area contributed by atoms with Crippen molar-refractivity contribution in [3.63, 3.8) is 0 Å². The van der Waals surface area contributed by atoms with E-state index in [-0.39, 0.29) is 35.0 Å². The monoisotopic (exact) mass is 448 g/mol. The number of hydrazone groups is 1. The summed E-state index contributed by atoms with van der Waals surface area (Å²) < 4.78 is 2.71. The first kappa shape index (κ1) is 21.4. The normalized spacial score (nSPS) is 20.9. The maximum absolute atomic E-state index is 13.5. The molecule has 0 bridgehead atoms. The summed E-state index contributed by atoms with van der Waals surface area (Å²) in [4.78, 5) is 40.1. The molecule has 1 aromatic carbocycles. The van der Waals surface area contributed by atoms with Crippen molar-refractivity contribution < 1.29 is 9.90 Å². The molecular formula is C25H28N4O4. The molecule has 0 atom stereocenters. The highest BCUT2D eigenvalue weighted by Gasteiger charge is 2.32. The molecule has 2 saturated carbocycles. The van der Waals surface area contributed by atoms with E-state index in [4.69, 9.17) is 0 Å². The maximum atomic E-state index is 13.5. The lowest BCUT2D eigenvalue weighted by atomic mass is 10.1. The molecule has 2 aliphatic carbocycles. The Morgan fingerprint density at radius 1 is 0.909 bits per heavy atom. The van der Waals surface area contributed by atoms with Crippen LogP contribution in [0.2, 0.25) is 0 Å². The number of hydrogen-bond acceptors (Lipinski definition) is 5. The van der Waals surface area contributed by atoms with Gasteiger partial charge in [-0.05, 0) is 50.8 Å². The zero-order valence-corrected chi connectivity index (χ0v) is 18.7. The highest BCUT2D eigenvalue weighted by molar-refractivity contribution is 6.32. The standard InChI is InChI=1S/C25H28N4O4/c1-16-20(24(32)29(26-16)19-13-3-2-4-14-19)15-21-22(30)27(17-9-5-6-10-17)25(33)28(23(21)31)18-11-7-8-12-18/h2-4,13-15,17-18,30H,5-12H2,1H3/b20-15-. The number of aromatic nitrogens is 2. The second-order valence-corrected chi connectivity index (χ2v) is 9.14. The highest BCUT2D eigenvalue weighted by Crippen LogP contribution is 2.34. The van der Waals surface area contributed by atoms with Gasteiger partial charge in [-0.3, -0.25) is 18.7 Å². The summed E-state index contributed by atoms with van der Waals surface area (Å²) in [5.41, 5.74) is 0.321. The largest absolute Gasteiger partial charge is 0.494 e. The summed E-state index contributed by atoms with van der Waals surface area (Å²) in [7, 11) is 0. The number of nitrogens with zero attached hydrogens (tertiary/aromatic N) is 4. The Morgan fingerprint density at radius 3 is 2.09 bits per heavy atom. The number of carbonyl (C=O) groups is 1. The van der Waals surface area contributed by atoms with Crippen LogP contribution in [-0.2, 0) is 4.79 Å². The van der Waals surface area contributed by atoms with Crippen LogP contribution in [0.15, 0.2) is 50.6 Å². The van der Waals surface area contributed by atoms with Gasteiger partial charge in [-0.15, -0.1) is 0 Å². The molecule has 8 heteroatoms. The van der Waals surface area contributed by atoms with E-state index in [0.29, 0.717) is 11.4 Å². The van der Waals surface area contributed by atoms with E-state index in [1.807, 2.05) is 18.2 Å². The SMILES string of the molecule is CC1=NN(c2ccccc2)C(=O)/C1=C\c1c(O)n(C2CCCC2)c(=O)n(C2CCCC2)c1=O. The van der Waals surface area contributed by atoms with Crippen LogP contribution < -0.4 is 16.3 Å². The van der Waals surface area contributed by atoms with Gasteiger partial charge < -0.3 is 5.11 Å². The van der Waals surface area contributed by atoms with Gasteiger partial charge in [-0.25, -0.2) is 4.79 Å². The second kappa shape index (κ2) is 8.50. The molecule has 0 spiro atoms. The van der Waals surface area contributed by atoms with E-state index in [0.717, 1.165) is 51.4 Å². The van der Waals surface area contributed by atoms with Gasteiger partial charge in [0.15, 0.2) is 0 Å². The fourth-order valence-electron chi connectivity index (χ4n) is 5.32. The third kappa shape index (κ3) is 3.63. The van der Waals surface area contributed by atoms with Gasteiger partial charge in [0.05, 0.1) is 17.0 Å². The van der Waals surface area contributed by atoms with E-state index >= 15 is 0 Å². The minimum Gasteiger partial charge on any atom is -0.494 e. The van der Waals surface area contributed by atoms with Gasteiger partial charge in [-0.1, -0.05) is 43.9 Å². The van der Waals surface area contributed by atoms with Gasteiger partial charge in [0.1, 0.15) is 5.56 Å². The summed E-state index contributed by atoms with van der Waals surface area (Å²) in [5, 5.41) is 16.8. The molecule has 2 aromatic rings. The summed E-state index contributed by atoms with van der Waals surface area (Å²) in [5.74, 6) is -0.721. The van der Waals surface area contributed by atoms with Crippen LogP contribution in [0.4, 0.5) is 5.69 Å². The van der Waals surface area contributed by atoms with Gasteiger partial charge in [-0.2, -0.15) is 10.1 Å². The Bertz CT molecular complexity index is 1260. The number of aromatic hydroxyl groups is 1. The molecule has 1 amide bonds. The Morgan fingerprint density at radius 2 is 1.48 bits per heavy atom. The van der Waals surface area contributed by atoms with E-state index in [2.05, 4.69) is 5.10 Å². The lowest BCUT2D eigenvalue weighted by Gasteiger charge is -2.22. The summed E-state index contributed by atoms with van der Waals surface area (Å²) in [6, 6.07) is 8.73. The molecule has 0 saturated heterocycles. The molecule has 33 heavy (non-hydrogen) atoms. The zero-order valence-electron chi connectivity index (χ0n) is 18.7. The van der Waals surface area contributed by atoms with E-state index in [1.54, 1.807) is 19.1 Å². The van der Waals surface area contributed by atoms with Crippen LogP contribution in [0.5, 0.6) is 5.88 Å². The number of rotatable bonds is 4. The number of para-hydroxylation sites is 1. The Balaban J connectivity index is 1.66. The molecular weight excluding hydrogens is 420 g/mol. The molecule has 172 valence electrons. The zero-order chi connectivity index (χ0) is 23.1. The van der Waals surface area contributed by atoms with E-state index in [9.17, 15) is 19.5 Å². The van der Waals surface area contributed by atoms with Gasteiger partial charge >= 0.3 is 5.69 Å². The highest BCUT2D eigenvalue weighted by atomic mass is 16.3. The first-order valence-electron chi connectivity index (χ1n) is 11.7. The van der Waals surface area contributed by atoms with Crippen molar-refractivity contribution in [1.82, 2.24) is 9.13 Å². The van der Waals surface area contributed by atoms with Crippen molar-refractivity contribution in [2.24, 2.45) is 5.10 Å². The van der Waals surface area contributed by atoms with Crippen LogP contribution in [0.3, 0.4) is 0 Å². The lowest BCUT2D eigenvalue weighted by Crippen LogP contribution is -2.43. The molecule has 3 aliphatic rings. The molecule has 1 aliphatic heterocycles. The second-order valence-electron chi connectivity index (χ2n) is 9.14. The third-order valence-corrected chi connectivity index (χ3v) is 7.06. The molecule has 1 N–H and O–H groups in total. The maximum Gasteiger partial charge on any atom is 0.334 e. The lowest BCUT2D eigenvalue weighted by molar-refractivity contribution is -0.114. The van der Waals surface area contributed by atoms with Crippen molar-refractivity contribution in [1.29, 1.82) is 0 Å². The topological polar surface area (TPSA) is 96.9 Å². The van der Waals surface area contributed by atoms with Crippen molar-refractivity contribution in [3.8, 4) is 5.88 Å². The average Bonchev–Trinajstić information content (AvgIpc) is 3.57. The number of hydrogen-bond donors (Lipinski definition) is 1. The number of carbonyl (C=O) groups excluding carboxylic acids is 1. The van der Waals surface area contributed by atoms with Crippen LogP contribution in [0.1, 0.15) is 75.9 Å². The Kier molecular flexibility index (Phi) is 5.52. The molecule has 2 fully saturated rings. The quantitative estimate of drug-likeness (QED) is 0.721. The average molecular weight is 449 g/mol. The van der Waals surface area contributed by atoms with Crippen molar-refractivity contribution >= 4 is 23.4 Å². The number of benzene rings is 1. The summed E-state index contributed by atoms with van der Waals surface area (Å²) >= 11 is 0. The van der Waals surface area contributed by atoms with E-state index in [1.165, 1.54) is 20.2 Å². The molecule has 0 radical (unpaired) electrons. The van der Waals surface area contributed by atoms with Gasteiger partial charge in [0.25, 0.3) is 11.5 Å². The predicted octanol–water partition coefficient (Wildman–Crippen LogP) is 3.75. The minimum atomic E-state index is -0.537. The molecule has 8 nitrogen and oxygen atoms in total. The van der Waals surface area contributed by atoms with Crippen molar-refractivity contribution in [3.05, 3.63) is 62.3 Å². The first-order valence-corrected chi connectivity index (χ1v) is 11.7. The molecule has 5 rings (SSSR count). The van der Waals surface area contributed by atoms with Crippen molar-refractivity contribution in [2.75, 3.05) is 5.01 Å². The van der Waals surface area contributed by atoms with Crippen LogP contribution in [0.25, 0.3) is 6.08 Å². The fourth-order valence-corrected chi connectivity index (χ4v) is 5.32. The first-order chi connectivity index (χ1) is 16.0. The predicted molar refractivity (Wildman–Crippen MR) is 127 cm³/mol. The Labute approximate surface area is 191 Å². The number of anilines is 1. The smallest absolute Gasteiger partial charge is 0.334 e. The molecule has 0 unspecified atom stereocenters. The summed E-state index contributed by atoms with van der Waals surface area (Å²) in [6.07, 6.45) is 8.40. The molecule has 2 heterocycles. The van der Waals surface area contributed by atoms with Gasteiger partial charge in [0, 0.05) is 12.1 Å². The number of amides is 1. The fraction of sp³-hybridized carbons (Fsp3) is 0.440. The Hall–Kier alpha value is -3.42. The summed E-state index contributed by atoms with van der Waals surface area (Å²) in [6.45, 7) is 1.70.